The van der Waals surface area contributed by atoms with Gasteiger partial charge in [0.1, 0.15) is 0 Å². The number of ketones is 1. The van der Waals surface area contributed by atoms with Crippen LogP contribution in [0.25, 0.3) is 0 Å². The monoisotopic (exact) mass is 193 g/mol. The lowest BCUT2D eigenvalue weighted by atomic mass is 10.0. The summed E-state index contributed by atoms with van der Waals surface area (Å²) < 4.78 is 0. The van der Waals surface area contributed by atoms with Gasteiger partial charge < -0.3 is 0 Å². The first-order chi connectivity index (χ1) is 6.27. The Hall–Kier alpha value is -1.35. The average Bonchev–Trinajstić information content (AvgIpc) is 2.56. The zero-order chi connectivity index (χ0) is 9.26. The Morgan fingerprint density at radius 3 is 2.77 bits per heavy atom. The molecule has 0 unspecified atom stereocenters. The van der Waals surface area contributed by atoms with E-state index in [1.165, 1.54) is 0 Å². The van der Waals surface area contributed by atoms with Gasteiger partial charge >= 0.3 is 0 Å². The lowest BCUT2D eigenvalue weighted by Gasteiger charge is -2.08. The van der Waals surface area contributed by atoms with Gasteiger partial charge in [0.05, 0.1) is 5.57 Å². The first-order valence-corrected chi connectivity index (χ1v) is 4.19. The molecule has 0 saturated carbocycles. The van der Waals surface area contributed by atoms with Crippen molar-refractivity contribution in [2.24, 2.45) is 4.99 Å². The molecule has 2 aliphatic rings. The van der Waals surface area contributed by atoms with Crippen LogP contribution in [-0.2, 0) is 4.79 Å². The Balaban J connectivity index is 2.28. The second kappa shape index (κ2) is 3.18. The van der Waals surface area contributed by atoms with Crippen LogP contribution in [0.15, 0.2) is 40.1 Å². The number of rotatable bonds is 1. The van der Waals surface area contributed by atoms with Gasteiger partial charge in [0.25, 0.3) is 0 Å². The number of allylic oxidation sites excluding steroid dienone is 3. The van der Waals surface area contributed by atoms with Crippen molar-refractivity contribution in [3.05, 3.63) is 35.2 Å². The maximum atomic E-state index is 11.4. The summed E-state index contributed by atoms with van der Waals surface area (Å²) in [5.74, 6) is 0.448. The number of aliphatic imine (C=N–C) groups is 1. The summed E-state index contributed by atoms with van der Waals surface area (Å²) in [6, 6.07) is 0. The van der Waals surface area contributed by atoms with Crippen LogP contribution in [-0.4, -0.2) is 11.6 Å². The van der Waals surface area contributed by atoms with E-state index in [0.717, 1.165) is 0 Å². The summed E-state index contributed by atoms with van der Waals surface area (Å²) in [5.41, 5.74) is 0.536. The van der Waals surface area contributed by atoms with E-state index >= 15 is 0 Å². The SMILES string of the molecule is O=C1CC(Cl)=CC=C1C1=NC=C[N]1. The molecule has 0 aromatic carbocycles. The number of hydrogen-bond acceptors (Lipinski definition) is 2. The highest BCUT2D eigenvalue weighted by Gasteiger charge is 2.20. The summed E-state index contributed by atoms with van der Waals surface area (Å²) in [6.45, 7) is 0. The molecule has 1 aliphatic carbocycles. The standard InChI is InChI=1S/C9H6ClN2O/c10-6-1-2-7(8(13)5-6)9-11-3-4-12-9/h1-4H,5H2. The number of amidine groups is 1. The molecule has 0 spiro atoms. The highest BCUT2D eigenvalue weighted by atomic mass is 35.5. The molecule has 13 heavy (non-hydrogen) atoms. The van der Waals surface area contributed by atoms with Crippen molar-refractivity contribution in [1.29, 1.82) is 0 Å². The van der Waals surface area contributed by atoms with Crippen molar-refractivity contribution in [1.82, 2.24) is 5.32 Å². The van der Waals surface area contributed by atoms with Gasteiger partial charge in [0.15, 0.2) is 11.6 Å². The predicted octanol–water partition coefficient (Wildman–Crippen LogP) is 1.50. The van der Waals surface area contributed by atoms with E-state index in [-0.39, 0.29) is 12.2 Å². The number of halogens is 1. The molecular weight excluding hydrogens is 188 g/mol. The van der Waals surface area contributed by atoms with Crippen LogP contribution in [0.2, 0.25) is 0 Å². The van der Waals surface area contributed by atoms with Crippen LogP contribution in [0, 0.1) is 0 Å². The van der Waals surface area contributed by atoms with Crippen LogP contribution >= 0.6 is 11.6 Å². The van der Waals surface area contributed by atoms with Crippen molar-refractivity contribution < 1.29 is 4.79 Å². The largest absolute Gasteiger partial charge is 0.294 e. The molecule has 0 saturated heterocycles. The third-order valence-corrected chi connectivity index (χ3v) is 2.02. The smallest absolute Gasteiger partial charge is 0.171 e. The number of carbonyl (C=O) groups is 1. The second-order valence-corrected chi connectivity index (χ2v) is 3.16. The van der Waals surface area contributed by atoms with Gasteiger partial charge in [-0.3, -0.25) is 4.79 Å². The maximum Gasteiger partial charge on any atom is 0.171 e. The van der Waals surface area contributed by atoms with Gasteiger partial charge in [-0.15, -0.1) is 0 Å². The summed E-state index contributed by atoms with van der Waals surface area (Å²) in [6.07, 6.45) is 6.73. The topological polar surface area (TPSA) is 43.5 Å². The van der Waals surface area contributed by atoms with Crippen molar-refractivity contribution in [2.45, 2.75) is 6.42 Å². The van der Waals surface area contributed by atoms with E-state index in [1.54, 1.807) is 24.6 Å². The third kappa shape index (κ3) is 1.55. The van der Waals surface area contributed by atoms with Crippen LogP contribution in [0.4, 0.5) is 0 Å². The number of Topliss-reactive ketones (excluding diaryl/α,β-unsaturated/α-hetero) is 1. The van der Waals surface area contributed by atoms with Crippen molar-refractivity contribution in [2.75, 3.05) is 0 Å². The molecule has 2 rings (SSSR count). The minimum absolute atomic E-state index is 0.0290. The highest BCUT2D eigenvalue weighted by Crippen LogP contribution is 2.19. The van der Waals surface area contributed by atoms with Crippen molar-refractivity contribution in [3.8, 4) is 0 Å². The summed E-state index contributed by atoms with van der Waals surface area (Å²) in [7, 11) is 0. The van der Waals surface area contributed by atoms with E-state index in [9.17, 15) is 4.79 Å². The Morgan fingerprint density at radius 1 is 1.31 bits per heavy atom. The maximum absolute atomic E-state index is 11.4. The normalized spacial score (nSPS) is 20.7. The molecule has 0 N–H and O–H groups in total. The fourth-order valence-corrected chi connectivity index (χ4v) is 1.34. The molecule has 0 bridgehead atoms. The molecule has 0 aromatic rings. The van der Waals surface area contributed by atoms with Crippen molar-refractivity contribution >= 4 is 23.2 Å². The Labute approximate surface area is 80.5 Å². The second-order valence-electron chi connectivity index (χ2n) is 2.67. The zero-order valence-corrected chi connectivity index (χ0v) is 7.45. The quantitative estimate of drug-likeness (QED) is 0.622. The first kappa shape index (κ1) is 8.26. The molecule has 65 valence electrons. The van der Waals surface area contributed by atoms with E-state index in [1.807, 2.05) is 0 Å². The number of hydrogen-bond donors (Lipinski definition) is 0. The van der Waals surface area contributed by atoms with Gasteiger partial charge in [-0.2, -0.15) is 0 Å². The lowest BCUT2D eigenvalue weighted by Crippen LogP contribution is -2.19. The Morgan fingerprint density at radius 2 is 2.15 bits per heavy atom. The fourth-order valence-electron chi connectivity index (χ4n) is 1.15. The minimum Gasteiger partial charge on any atom is -0.294 e. The fraction of sp³-hybridized carbons (Fsp3) is 0.111. The van der Waals surface area contributed by atoms with Gasteiger partial charge in [0.2, 0.25) is 0 Å². The van der Waals surface area contributed by atoms with Crippen LogP contribution in [0.5, 0.6) is 0 Å². The van der Waals surface area contributed by atoms with Crippen LogP contribution in [0.1, 0.15) is 6.42 Å². The summed E-state index contributed by atoms with van der Waals surface area (Å²) in [5, 5.41) is 4.50. The minimum atomic E-state index is -0.0290. The molecule has 1 radical (unpaired) electrons. The van der Waals surface area contributed by atoms with Crippen molar-refractivity contribution in [3.63, 3.8) is 0 Å². The molecular formula is C9H6ClN2O. The van der Waals surface area contributed by atoms with Gasteiger partial charge in [-0.05, 0) is 12.2 Å². The molecule has 0 fully saturated rings. The van der Waals surface area contributed by atoms with E-state index in [0.29, 0.717) is 16.4 Å². The van der Waals surface area contributed by atoms with Gasteiger partial charge in [0, 0.05) is 23.9 Å². The average molecular weight is 194 g/mol. The zero-order valence-electron chi connectivity index (χ0n) is 6.70. The summed E-state index contributed by atoms with van der Waals surface area (Å²) in [4.78, 5) is 15.4. The highest BCUT2D eigenvalue weighted by molar-refractivity contribution is 6.34. The molecule has 1 heterocycles. The third-order valence-electron chi connectivity index (χ3n) is 1.76. The number of carbonyl (C=O) groups excluding carboxylic acids is 1. The molecule has 0 amide bonds. The van der Waals surface area contributed by atoms with E-state index in [2.05, 4.69) is 10.3 Å². The first-order valence-electron chi connectivity index (χ1n) is 3.81. The van der Waals surface area contributed by atoms with Crippen LogP contribution < -0.4 is 5.32 Å². The Bertz CT molecular complexity index is 377. The summed E-state index contributed by atoms with van der Waals surface area (Å²) >= 11 is 5.69. The Kier molecular flexibility index (Phi) is 2.02. The number of nitrogens with zero attached hydrogens (tertiary/aromatic N) is 2. The molecule has 0 aromatic heterocycles. The van der Waals surface area contributed by atoms with Crippen LogP contribution in [0.3, 0.4) is 0 Å². The van der Waals surface area contributed by atoms with Gasteiger partial charge in [-0.25, -0.2) is 10.3 Å². The van der Waals surface area contributed by atoms with E-state index in [4.69, 9.17) is 11.6 Å². The van der Waals surface area contributed by atoms with E-state index < -0.39 is 0 Å². The molecule has 3 nitrogen and oxygen atoms in total. The molecule has 0 atom stereocenters. The molecule has 4 heteroatoms. The molecule has 1 aliphatic heterocycles. The lowest BCUT2D eigenvalue weighted by molar-refractivity contribution is -0.114. The van der Waals surface area contributed by atoms with Gasteiger partial charge in [-0.1, -0.05) is 11.6 Å². The predicted molar refractivity (Wildman–Crippen MR) is 50.4 cm³/mol.